The molecule has 7 nitrogen and oxygen atoms in total. The second-order valence-electron chi connectivity index (χ2n) is 7.40. The summed E-state index contributed by atoms with van der Waals surface area (Å²) in [6.45, 7) is 5.13. The van der Waals surface area contributed by atoms with E-state index in [4.69, 9.17) is 4.74 Å². The standard InChI is InChI=1S/C21H23N5O2/c1-25-5-7-26(8-6-25)15-11-17-18(13-24-20(17)23-12-15)14-2-3-16-19(10-14)28-9-4-22-21(16)27/h2-3,10-13H,4-9H2,1H3,(H,22,27)(H,23,24). The first kappa shape index (κ1) is 17.1. The lowest BCUT2D eigenvalue weighted by atomic mass is 10.0. The lowest BCUT2D eigenvalue weighted by Crippen LogP contribution is -2.44. The summed E-state index contributed by atoms with van der Waals surface area (Å²) < 4.78 is 5.78. The van der Waals surface area contributed by atoms with Gasteiger partial charge in [-0.2, -0.15) is 0 Å². The van der Waals surface area contributed by atoms with Crippen molar-refractivity contribution in [2.45, 2.75) is 0 Å². The number of rotatable bonds is 2. The number of pyridine rings is 1. The number of likely N-dealkylation sites (N-methyl/N-ethyl adjacent to an activating group) is 1. The maximum absolute atomic E-state index is 12.1. The lowest BCUT2D eigenvalue weighted by molar-refractivity contribution is 0.0957. The van der Waals surface area contributed by atoms with Crippen LogP contribution in [0.4, 0.5) is 5.69 Å². The summed E-state index contributed by atoms with van der Waals surface area (Å²) >= 11 is 0. The fourth-order valence-corrected chi connectivity index (χ4v) is 3.89. The maximum atomic E-state index is 12.1. The van der Waals surface area contributed by atoms with Crippen LogP contribution in [0.3, 0.4) is 0 Å². The average molecular weight is 377 g/mol. The Labute approximate surface area is 163 Å². The minimum Gasteiger partial charge on any atom is -0.491 e. The predicted octanol–water partition coefficient (Wildman–Crippen LogP) is 2.10. The van der Waals surface area contributed by atoms with Crippen LogP contribution in [0.2, 0.25) is 0 Å². The molecule has 0 unspecified atom stereocenters. The number of fused-ring (bicyclic) bond motifs is 2. The number of benzene rings is 1. The van der Waals surface area contributed by atoms with Gasteiger partial charge in [0.25, 0.3) is 5.91 Å². The number of piperazine rings is 1. The molecule has 2 N–H and O–H groups in total. The van der Waals surface area contributed by atoms with Crippen molar-refractivity contribution in [1.29, 1.82) is 0 Å². The number of carbonyl (C=O) groups is 1. The number of nitrogens with one attached hydrogen (secondary N) is 2. The summed E-state index contributed by atoms with van der Waals surface area (Å²) in [5.41, 5.74) is 4.66. The second kappa shape index (κ2) is 6.83. The minimum absolute atomic E-state index is 0.0861. The molecular weight excluding hydrogens is 354 g/mol. The van der Waals surface area contributed by atoms with E-state index in [1.807, 2.05) is 30.6 Å². The van der Waals surface area contributed by atoms with Gasteiger partial charge in [0.05, 0.1) is 24.0 Å². The van der Waals surface area contributed by atoms with Gasteiger partial charge in [-0.3, -0.25) is 4.79 Å². The van der Waals surface area contributed by atoms with Crippen molar-refractivity contribution >= 4 is 22.6 Å². The van der Waals surface area contributed by atoms with E-state index in [2.05, 4.69) is 38.2 Å². The molecule has 1 fully saturated rings. The summed E-state index contributed by atoms with van der Waals surface area (Å²) in [6.07, 6.45) is 3.92. The van der Waals surface area contributed by atoms with E-state index in [0.717, 1.165) is 54.0 Å². The number of hydrogen-bond acceptors (Lipinski definition) is 5. The molecule has 1 amide bonds. The molecule has 28 heavy (non-hydrogen) atoms. The number of H-pyrrole nitrogens is 1. The van der Waals surface area contributed by atoms with Crippen LogP contribution in [0.5, 0.6) is 5.75 Å². The Hall–Kier alpha value is -3.06. The number of amides is 1. The van der Waals surface area contributed by atoms with Gasteiger partial charge in [-0.1, -0.05) is 6.07 Å². The molecule has 0 saturated carbocycles. The van der Waals surface area contributed by atoms with Gasteiger partial charge in [0.2, 0.25) is 0 Å². The zero-order chi connectivity index (χ0) is 19.1. The van der Waals surface area contributed by atoms with Crippen molar-refractivity contribution in [1.82, 2.24) is 20.2 Å². The average Bonchev–Trinajstić information content (AvgIpc) is 3.05. The Bertz CT molecular complexity index is 1040. The van der Waals surface area contributed by atoms with Crippen molar-refractivity contribution in [3.05, 3.63) is 42.2 Å². The monoisotopic (exact) mass is 377 g/mol. The van der Waals surface area contributed by atoms with Gasteiger partial charge in [-0.05, 0) is 30.8 Å². The minimum atomic E-state index is -0.0861. The van der Waals surface area contributed by atoms with Gasteiger partial charge in [0, 0.05) is 43.3 Å². The van der Waals surface area contributed by atoms with Crippen LogP contribution < -0.4 is 15.0 Å². The molecule has 144 valence electrons. The molecule has 5 rings (SSSR count). The fraction of sp³-hybridized carbons (Fsp3) is 0.333. The van der Waals surface area contributed by atoms with Gasteiger partial charge in [0.1, 0.15) is 18.0 Å². The van der Waals surface area contributed by atoms with E-state index in [-0.39, 0.29) is 5.91 Å². The number of nitrogens with zero attached hydrogens (tertiary/aromatic N) is 3. The fourth-order valence-electron chi connectivity index (χ4n) is 3.89. The third kappa shape index (κ3) is 2.97. The molecular formula is C21H23N5O2. The van der Waals surface area contributed by atoms with Gasteiger partial charge < -0.3 is 24.8 Å². The Morgan fingerprint density at radius 3 is 2.82 bits per heavy atom. The normalized spacial score (nSPS) is 17.8. The van der Waals surface area contributed by atoms with Crippen molar-refractivity contribution in [3.8, 4) is 16.9 Å². The van der Waals surface area contributed by atoms with Crippen LogP contribution >= 0.6 is 0 Å². The van der Waals surface area contributed by atoms with Crippen LogP contribution in [-0.4, -0.2) is 67.2 Å². The number of aromatic nitrogens is 2. The summed E-state index contributed by atoms with van der Waals surface area (Å²) in [5, 5.41) is 3.92. The Morgan fingerprint density at radius 2 is 1.96 bits per heavy atom. The van der Waals surface area contributed by atoms with E-state index >= 15 is 0 Å². The van der Waals surface area contributed by atoms with E-state index in [9.17, 15) is 4.79 Å². The second-order valence-corrected chi connectivity index (χ2v) is 7.40. The number of ether oxygens (including phenoxy) is 1. The van der Waals surface area contributed by atoms with Crippen molar-refractivity contribution in [3.63, 3.8) is 0 Å². The molecule has 0 atom stereocenters. The SMILES string of the molecule is CN1CCN(c2cnc3[nH]cc(-c4ccc5c(c4)OCCNC5=O)c3c2)CC1. The molecule has 4 heterocycles. The van der Waals surface area contributed by atoms with Gasteiger partial charge >= 0.3 is 0 Å². The van der Waals surface area contributed by atoms with Crippen molar-refractivity contribution in [2.24, 2.45) is 0 Å². The first-order valence-electron chi connectivity index (χ1n) is 9.65. The first-order chi connectivity index (χ1) is 13.7. The molecule has 7 heteroatoms. The summed E-state index contributed by atoms with van der Waals surface area (Å²) in [5.74, 6) is 0.544. The number of aromatic amines is 1. The van der Waals surface area contributed by atoms with Crippen molar-refractivity contribution < 1.29 is 9.53 Å². The number of anilines is 1. The molecule has 0 aliphatic carbocycles. The predicted molar refractivity (Wildman–Crippen MR) is 109 cm³/mol. The third-order valence-electron chi connectivity index (χ3n) is 5.57. The number of hydrogen-bond donors (Lipinski definition) is 2. The van der Waals surface area contributed by atoms with E-state index < -0.39 is 0 Å². The Kier molecular flexibility index (Phi) is 4.16. The van der Waals surface area contributed by atoms with E-state index in [1.54, 1.807) is 0 Å². The summed E-state index contributed by atoms with van der Waals surface area (Å²) in [6, 6.07) is 7.96. The van der Waals surface area contributed by atoms with E-state index in [0.29, 0.717) is 24.5 Å². The highest BCUT2D eigenvalue weighted by Crippen LogP contribution is 2.34. The molecule has 1 saturated heterocycles. The molecule has 3 aromatic rings. The highest BCUT2D eigenvalue weighted by Gasteiger charge is 2.19. The molecule has 0 spiro atoms. The smallest absolute Gasteiger partial charge is 0.255 e. The Balaban J connectivity index is 1.53. The Morgan fingerprint density at radius 1 is 1.11 bits per heavy atom. The highest BCUT2D eigenvalue weighted by molar-refractivity contribution is 6.00. The molecule has 2 aromatic heterocycles. The van der Waals surface area contributed by atoms with Gasteiger partial charge in [0.15, 0.2) is 0 Å². The molecule has 0 radical (unpaired) electrons. The zero-order valence-corrected chi connectivity index (χ0v) is 15.9. The van der Waals surface area contributed by atoms with Crippen LogP contribution in [0.1, 0.15) is 10.4 Å². The lowest BCUT2D eigenvalue weighted by Gasteiger charge is -2.33. The first-order valence-corrected chi connectivity index (χ1v) is 9.65. The van der Waals surface area contributed by atoms with Gasteiger partial charge in [-0.15, -0.1) is 0 Å². The molecule has 2 aliphatic heterocycles. The highest BCUT2D eigenvalue weighted by atomic mass is 16.5. The molecule has 1 aromatic carbocycles. The molecule has 0 bridgehead atoms. The van der Waals surface area contributed by atoms with Crippen LogP contribution in [0, 0.1) is 0 Å². The quantitative estimate of drug-likeness (QED) is 0.716. The molecule has 2 aliphatic rings. The third-order valence-corrected chi connectivity index (χ3v) is 5.57. The summed E-state index contributed by atoms with van der Waals surface area (Å²) in [7, 11) is 2.16. The van der Waals surface area contributed by atoms with Crippen LogP contribution in [0.15, 0.2) is 36.7 Å². The topological polar surface area (TPSA) is 73.5 Å². The largest absolute Gasteiger partial charge is 0.491 e. The zero-order valence-electron chi connectivity index (χ0n) is 15.9. The van der Waals surface area contributed by atoms with Gasteiger partial charge in [-0.25, -0.2) is 4.98 Å². The van der Waals surface area contributed by atoms with Crippen LogP contribution in [-0.2, 0) is 0 Å². The van der Waals surface area contributed by atoms with Crippen LogP contribution in [0.25, 0.3) is 22.2 Å². The number of carbonyl (C=O) groups excluding carboxylic acids is 1. The van der Waals surface area contributed by atoms with E-state index in [1.165, 1.54) is 0 Å². The maximum Gasteiger partial charge on any atom is 0.255 e. The summed E-state index contributed by atoms with van der Waals surface area (Å²) in [4.78, 5) is 24.8. The van der Waals surface area contributed by atoms with Crippen molar-refractivity contribution in [2.75, 3.05) is 51.3 Å².